The van der Waals surface area contributed by atoms with Crippen molar-refractivity contribution in [3.8, 4) is 0 Å². The van der Waals surface area contributed by atoms with E-state index in [1.165, 1.54) is 25.9 Å². The van der Waals surface area contributed by atoms with Crippen LogP contribution >= 0.6 is 0 Å². The first-order chi connectivity index (χ1) is 7.84. The summed E-state index contributed by atoms with van der Waals surface area (Å²) in [6.07, 6.45) is 2.63. The Balaban J connectivity index is 2.44. The lowest BCUT2D eigenvalue weighted by molar-refractivity contribution is 0.114. The van der Waals surface area contributed by atoms with Crippen LogP contribution in [0.15, 0.2) is 0 Å². The molecule has 102 valence electrons. The second kappa shape index (κ2) is 6.17. The molecule has 1 unspecified atom stereocenters. The van der Waals surface area contributed by atoms with Crippen LogP contribution in [0.25, 0.3) is 0 Å². The number of piperidine rings is 1. The summed E-state index contributed by atoms with van der Waals surface area (Å²) in [6, 6.07) is 1.33. The largest absolute Gasteiger partial charge is 0.315 e. The molecule has 0 spiro atoms. The molecule has 0 aliphatic carbocycles. The van der Waals surface area contributed by atoms with Gasteiger partial charge < -0.3 is 15.1 Å². The van der Waals surface area contributed by atoms with E-state index in [-0.39, 0.29) is 0 Å². The van der Waals surface area contributed by atoms with Crippen LogP contribution in [0.3, 0.4) is 0 Å². The Labute approximate surface area is 108 Å². The summed E-state index contributed by atoms with van der Waals surface area (Å²) in [6.45, 7) is 10.6. The van der Waals surface area contributed by atoms with Gasteiger partial charge in [-0.3, -0.25) is 0 Å². The van der Waals surface area contributed by atoms with Gasteiger partial charge in [0.1, 0.15) is 0 Å². The average Bonchev–Trinajstić information content (AvgIpc) is 2.24. The number of nitrogens with zero attached hydrogens (tertiary/aromatic N) is 2. The average molecular weight is 241 g/mol. The molecule has 1 aliphatic heterocycles. The maximum absolute atomic E-state index is 3.47. The fourth-order valence-corrected chi connectivity index (χ4v) is 2.67. The number of rotatable bonds is 4. The van der Waals surface area contributed by atoms with Crippen molar-refractivity contribution >= 4 is 0 Å². The summed E-state index contributed by atoms with van der Waals surface area (Å²) < 4.78 is 0. The molecule has 1 aliphatic rings. The SMILES string of the molecule is CNC(CN(C)C1CCN(C)CC1)C(C)(C)C. The van der Waals surface area contributed by atoms with E-state index >= 15 is 0 Å². The highest BCUT2D eigenvalue weighted by Crippen LogP contribution is 2.22. The lowest BCUT2D eigenvalue weighted by Crippen LogP contribution is -2.50. The minimum Gasteiger partial charge on any atom is -0.315 e. The van der Waals surface area contributed by atoms with E-state index < -0.39 is 0 Å². The van der Waals surface area contributed by atoms with Gasteiger partial charge >= 0.3 is 0 Å². The summed E-state index contributed by atoms with van der Waals surface area (Å²) in [5.74, 6) is 0. The molecular weight excluding hydrogens is 210 g/mol. The van der Waals surface area contributed by atoms with Gasteiger partial charge in [-0.2, -0.15) is 0 Å². The van der Waals surface area contributed by atoms with E-state index in [2.05, 4.69) is 57.0 Å². The summed E-state index contributed by atoms with van der Waals surface area (Å²) in [4.78, 5) is 4.99. The van der Waals surface area contributed by atoms with Crippen molar-refractivity contribution in [3.63, 3.8) is 0 Å². The van der Waals surface area contributed by atoms with Gasteiger partial charge in [0.2, 0.25) is 0 Å². The molecule has 3 heteroatoms. The third kappa shape index (κ3) is 4.57. The van der Waals surface area contributed by atoms with Gasteiger partial charge in [0.05, 0.1) is 0 Å². The van der Waals surface area contributed by atoms with Gasteiger partial charge in [0.25, 0.3) is 0 Å². The first kappa shape index (κ1) is 14.9. The third-order valence-electron chi connectivity index (χ3n) is 4.18. The second-order valence-electron chi connectivity index (χ2n) is 6.68. The van der Waals surface area contributed by atoms with Crippen LogP contribution in [0.4, 0.5) is 0 Å². The Morgan fingerprint density at radius 2 is 1.82 bits per heavy atom. The maximum atomic E-state index is 3.47. The summed E-state index contributed by atoms with van der Waals surface area (Å²) in [5.41, 5.74) is 0.328. The number of hydrogen-bond donors (Lipinski definition) is 1. The number of nitrogens with one attached hydrogen (secondary N) is 1. The molecule has 1 atom stereocenters. The van der Waals surface area contributed by atoms with Crippen LogP contribution < -0.4 is 5.32 Å². The van der Waals surface area contributed by atoms with E-state index in [0.717, 1.165) is 12.6 Å². The Bertz CT molecular complexity index is 214. The molecule has 1 heterocycles. The predicted octanol–water partition coefficient (Wildman–Crippen LogP) is 1.65. The molecule has 17 heavy (non-hydrogen) atoms. The van der Waals surface area contributed by atoms with E-state index in [4.69, 9.17) is 0 Å². The molecule has 0 aromatic heterocycles. The van der Waals surface area contributed by atoms with Crippen LogP contribution in [0, 0.1) is 5.41 Å². The predicted molar refractivity (Wildman–Crippen MR) is 75.5 cm³/mol. The molecule has 0 amide bonds. The highest BCUT2D eigenvalue weighted by molar-refractivity contribution is 4.85. The number of hydrogen-bond acceptors (Lipinski definition) is 3. The molecule has 0 radical (unpaired) electrons. The number of likely N-dealkylation sites (N-methyl/N-ethyl adjacent to an activating group) is 2. The Kier molecular flexibility index (Phi) is 5.42. The van der Waals surface area contributed by atoms with Crippen molar-refractivity contribution in [2.75, 3.05) is 40.8 Å². The topological polar surface area (TPSA) is 18.5 Å². The second-order valence-corrected chi connectivity index (χ2v) is 6.68. The molecule has 1 rings (SSSR count). The molecule has 0 saturated carbocycles. The van der Waals surface area contributed by atoms with Crippen LogP contribution in [0.1, 0.15) is 33.6 Å². The summed E-state index contributed by atoms with van der Waals surface area (Å²) in [5, 5.41) is 3.47. The Hall–Kier alpha value is -0.120. The highest BCUT2D eigenvalue weighted by atomic mass is 15.2. The van der Waals surface area contributed by atoms with Gasteiger partial charge in [-0.15, -0.1) is 0 Å². The molecule has 1 saturated heterocycles. The van der Waals surface area contributed by atoms with Crippen molar-refractivity contribution in [3.05, 3.63) is 0 Å². The highest BCUT2D eigenvalue weighted by Gasteiger charge is 2.27. The first-order valence-corrected chi connectivity index (χ1v) is 6.90. The zero-order chi connectivity index (χ0) is 13.1. The molecule has 0 aromatic carbocycles. The van der Waals surface area contributed by atoms with Gasteiger partial charge in [-0.1, -0.05) is 20.8 Å². The van der Waals surface area contributed by atoms with Crippen LogP contribution in [0.5, 0.6) is 0 Å². The maximum Gasteiger partial charge on any atom is 0.0240 e. The smallest absolute Gasteiger partial charge is 0.0240 e. The minimum absolute atomic E-state index is 0.328. The molecular formula is C14H31N3. The van der Waals surface area contributed by atoms with E-state index in [9.17, 15) is 0 Å². The van der Waals surface area contributed by atoms with Crippen molar-refractivity contribution < 1.29 is 0 Å². The van der Waals surface area contributed by atoms with E-state index in [1.54, 1.807) is 0 Å². The monoisotopic (exact) mass is 241 g/mol. The van der Waals surface area contributed by atoms with Crippen molar-refractivity contribution in [2.45, 2.75) is 45.7 Å². The van der Waals surface area contributed by atoms with Crippen LogP contribution in [0.2, 0.25) is 0 Å². The number of likely N-dealkylation sites (tertiary alicyclic amines) is 1. The van der Waals surface area contributed by atoms with Gasteiger partial charge in [-0.25, -0.2) is 0 Å². The first-order valence-electron chi connectivity index (χ1n) is 6.90. The Morgan fingerprint density at radius 3 is 2.24 bits per heavy atom. The zero-order valence-corrected chi connectivity index (χ0v) is 12.6. The van der Waals surface area contributed by atoms with Gasteiger partial charge in [0.15, 0.2) is 0 Å². The fourth-order valence-electron chi connectivity index (χ4n) is 2.67. The summed E-state index contributed by atoms with van der Waals surface area (Å²) in [7, 11) is 6.59. The van der Waals surface area contributed by atoms with Crippen LogP contribution in [-0.2, 0) is 0 Å². The molecule has 0 aromatic rings. The lowest BCUT2D eigenvalue weighted by Gasteiger charge is -2.39. The van der Waals surface area contributed by atoms with Crippen molar-refractivity contribution in [2.24, 2.45) is 5.41 Å². The van der Waals surface area contributed by atoms with Gasteiger partial charge in [0, 0.05) is 18.6 Å². The zero-order valence-electron chi connectivity index (χ0n) is 12.6. The fraction of sp³-hybridized carbons (Fsp3) is 1.00. The minimum atomic E-state index is 0.328. The van der Waals surface area contributed by atoms with E-state index in [0.29, 0.717) is 11.5 Å². The standard InChI is InChI=1S/C14H31N3/c1-14(2,3)13(15-4)11-17(6)12-7-9-16(5)10-8-12/h12-13,15H,7-11H2,1-6H3. The Morgan fingerprint density at radius 1 is 1.29 bits per heavy atom. The summed E-state index contributed by atoms with van der Waals surface area (Å²) >= 11 is 0. The molecule has 1 N–H and O–H groups in total. The molecule has 3 nitrogen and oxygen atoms in total. The lowest BCUT2D eigenvalue weighted by atomic mass is 9.86. The van der Waals surface area contributed by atoms with Crippen LogP contribution in [-0.4, -0.2) is 62.7 Å². The molecule has 1 fully saturated rings. The van der Waals surface area contributed by atoms with Crippen molar-refractivity contribution in [1.29, 1.82) is 0 Å². The van der Waals surface area contributed by atoms with Crippen molar-refractivity contribution in [1.82, 2.24) is 15.1 Å². The third-order valence-corrected chi connectivity index (χ3v) is 4.18. The van der Waals surface area contributed by atoms with E-state index in [1.807, 2.05) is 0 Å². The quantitative estimate of drug-likeness (QED) is 0.807. The normalized spacial score (nSPS) is 22.1. The van der Waals surface area contributed by atoms with Gasteiger partial charge in [-0.05, 0) is 52.5 Å². The molecule has 0 bridgehead atoms.